The SMILES string of the molecule is COc1ccc([C@H]2c3[nH]c4ccc(Cl)cc4c3CCN2C(=O)Nc2ccccc2OC)cc1. The van der Waals surface area contributed by atoms with E-state index in [1.165, 1.54) is 5.56 Å². The van der Waals surface area contributed by atoms with Gasteiger partial charge in [-0.05, 0) is 60.0 Å². The Hall–Kier alpha value is -3.64. The second-order valence-electron chi connectivity index (χ2n) is 7.96. The molecule has 6 nitrogen and oxygen atoms in total. The Kier molecular flexibility index (Phi) is 5.60. The predicted octanol–water partition coefficient (Wildman–Crippen LogP) is 6.02. The number of amides is 2. The molecule has 168 valence electrons. The zero-order valence-electron chi connectivity index (χ0n) is 18.4. The first kappa shape index (κ1) is 21.2. The highest BCUT2D eigenvalue weighted by Crippen LogP contribution is 2.40. The number of para-hydroxylation sites is 2. The average Bonchev–Trinajstić information content (AvgIpc) is 3.21. The second-order valence-corrected chi connectivity index (χ2v) is 8.39. The van der Waals surface area contributed by atoms with Crippen LogP contribution in [0.2, 0.25) is 5.02 Å². The fraction of sp³-hybridized carbons (Fsp3) is 0.192. The summed E-state index contributed by atoms with van der Waals surface area (Å²) >= 11 is 6.29. The van der Waals surface area contributed by atoms with Crippen molar-refractivity contribution >= 4 is 34.2 Å². The number of hydrogen-bond donors (Lipinski definition) is 2. The Morgan fingerprint density at radius 1 is 1.06 bits per heavy atom. The molecule has 0 spiro atoms. The van der Waals surface area contributed by atoms with Gasteiger partial charge in [-0.1, -0.05) is 35.9 Å². The van der Waals surface area contributed by atoms with Crippen molar-refractivity contribution in [2.45, 2.75) is 12.5 Å². The molecule has 3 aromatic carbocycles. The fourth-order valence-corrected chi connectivity index (χ4v) is 4.72. The van der Waals surface area contributed by atoms with Crippen molar-refractivity contribution < 1.29 is 14.3 Å². The van der Waals surface area contributed by atoms with E-state index < -0.39 is 0 Å². The molecule has 0 aliphatic carbocycles. The molecule has 1 aliphatic rings. The number of fused-ring (bicyclic) bond motifs is 3. The number of anilines is 1. The summed E-state index contributed by atoms with van der Waals surface area (Å²) in [6.45, 7) is 0.560. The van der Waals surface area contributed by atoms with Crippen LogP contribution in [-0.2, 0) is 6.42 Å². The molecule has 0 unspecified atom stereocenters. The Morgan fingerprint density at radius 3 is 2.61 bits per heavy atom. The molecule has 2 N–H and O–H groups in total. The molecule has 0 bridgehead atoms. The van der Waals surface area contributed by atoms with Crippen LogP contribution in [-0.4, -0.2) is 36.7 Å². The highest BCUT2D eigenvalue weighted by Gasteiger charge is 2.35. The molecule has 33 heavy (non-hydrogen) atoms. The van der Waals surface area contributed by atoms with Crippen molar-refractivity contribution in [2.24, 2.45) is 0 Å². The molecule has 5 rings (SSSR count). The van der Waals surface area contributed by atoms with Gasteiger partial charge in [0, 0.05) is 28.2 Å². The van der Waals surface area contributed by atoms with Gasteiger partial charge in [-0.25, -0.2) is 4.79 Å². The van der Waals surface area contributed by atoms with Gasteiger partial charge in [-0.3, -0.25) is 0 Å². The number of rotatable bonds is 4. The Labute approximate surface area is 197 Å². The molecule has 0 saturated carbocycles. The van der Waals surface area contributed by atoms with Crippen LogP contribution in [0.15, 0.2) is 66.7 Å². The third-order valence-electron chi connectivity index (χ3n) is 6.13. The number of carbonyl (C=O) groups excluding carboxylic acids is 1. The molecule has 0 fully saturated rings. The minimum absolute atomic E-state index is 0.192. The van der Waals surface area contributed by atoms with E-state index in [1.807, 2.05) is 71.6 Å². The van der Waals surface area contributed by atoms with Crippen LogP contribution in [0.4, 0.5) is 10.5 Å². The lowest BCUT2D eigenvalue weighted by molar-refractivity contribution is 0.193. The largest absolute Gasteiger partial charge is 0.497 e. The molecule has 4 aromatic rings. The molecular formula is C26H24ClN3O3. The van der Waals surface area contributed by atoms with Gasteiger partial charge in [0.2, 0.25) is 0 Å². The second kappa shape index (κ2) is 8.71. The first-order valence-electron chi connectivity index (χ1n) is 10.7. The molecule has 0 saturated heterocycles. The minimum atomic E-state index is -0.291. The average molecular weight is 462 g/mol. The molecule has 2 heterocycles. The molecule has 0 radical (unpaired) electrons. The Morgan fingerprint density at radius 2 is 1.85 bits per heavy atom. The number of H-pyrrole nitrogens is 1. The molecule has 1 aliphatic heterocycles. The lowest BCUT2D eigenvalue weighted by atomic mass is 9.92. The van der Waals surface area contributed by atoms with E-state index in [0.717, 1.165) is 34.3 Å². The summed E-state index contributed by atoms with van der Waals surface area (Å²) in [5, 5.41) is 4.82. The van der Waals surface area contributed by atoms with Crippen molar-refractivity contribution in [1.82, 2.24) is 9.88 Å². The number of hydrogen-bond acceptors (Lipinski definition) is 3. The number of halogens is 1. The zero-order chi connectivity index (χ0) is 22.9. The predicted molar refractivity (Wildman–Crippen MR) is 131 cm³/mol. The first-order chi connectivity index (χ1) is 16.1. The topological polar surface area (TPSA) is 66.6 Å². The van der Waals surface area contributed by atoms with Crippen LogP contribution in [0.3, 0.4) is 0 Å². The van der Waals surface area contributed by atoms with E-state index in [2.05, 4.69) is 10.3 Å². The minimum Gasteiger partial charge on any atom is -0.497 e. The van der Waals surface area contributed by atoms with Crippen LogP contribution in [0.25, 0.3) is 10.9 Å². The summed E-state index contributed by atoms with van der Waals surface area (Å²) in [6.07, 6.45) is 0.724. The van der Waals surface area contributed by atoms with Gasteiger partial charge in [-0.2, -0.15) is 0 Å². The third-order valence-corrected chi connectivity index (χ3v) is 6.37. The molecule has 7 heteroatoms. The van der Waals surface area contributed by atoms with Gasteiger partial charge in [0.25, 0.3) is 0 Å². The number of nitrogens with zero attached hydrogens (tertiary/aromatic N) is 1. The lowest BCUT2D eigenvalue weighted by Crippen LogP contribution is -2.43. The van der Waals surface area contributed by atoms with Gasteiger partial charge < -0.3 is 24.7 Å². The Balaban J connectivity index is 1.58. The van der Waals surface area contributed by atoms with Gasteiger partial charge >= 0.3 is 6.03 Å². The van der Waals surface area contributed by atoms with Crippen LogP contribution in [0.5, 0.6) is 11.5 Å². The maximum Gasteiger partial charge on any atom is 0.322 e. The van der Waals surface area contributed by atoms with Gasteiger partial charge in [0.15, 0.2) is 0 Å². The lowest BCUT2D eigenvalue weighted by Gasteiger charge is -2.36. The van der Waals surface area contributed by atoms with Gasteiger partial charge in [-0.15, -0.1) is 0 Å². The van der Waals surface area contributed by atoms with Crippen LogP contribution < -0.4 is 14.8 Å². The van der Waals surface area contributed by atoms with E-state index in [-0.39, 0.29) is 12.1 Å². The van der Waals surface area contributed by atoms with Gasteiger partial charge in [0.1, 0.15) is 11.5 Å². The first-order valence-corrected chi connectivity index (χ1v) is 11.1. The highest BCUT2D eigenvalue weighted by molar-refractivity contribution is 6.31. The van der Waals surface area contributed by atoms with Crippen molar-refractivity contribution in [3.05, 3.63) is 88.6 Å². The smallest absolute Gasteiger partial charge is 0.322 e. The number of ether oxygens (including phenoxy) is 2. The number of nitrogens with one attached hydrogen (secondary N) is 2. The van der Waals surface area contributed by atoms with Crippen molar-refractivity contribution in [3.8, 4) is 11.5 Å². The summed E-state index contributed by atoms with van der Waals surface area (Å²) in [7, 11) is 3.23. The summed E-state index contributed by atoms with van der Waals surface area (Å²) in [5.74, 6) is 1.38. The molecular weight excluding hydrogens is 438 g/mol. The van der Waals surface area contributed by atoms with Crippen LogP contribution >= 0.6 is 11.6 Å². The molecule has 1 atom stereocenters. The van der Waals surface area contributed by atoms with Crippen LogP contribution in [0.1, 0.15) is 22.9 Å². The highest BCUT2D eigenvalue weighted by atomic mass is 35.5. The number of methoxy groups -OCH3 is 2. The summed E-state index contributed by atoms with van der Waals surface area (Å²) in [4.78, 5) is 18.9. The summed E-state index contributed by atoms with van der Waals surface area (Å²) < 4.78 is 10.7. The number of carbonyl (C=O) groups is 1. The molecule has 2 amide bonds. The van der Waals surface area contributed by atoms with Crippen LogP contribution in [0, 0.1) is 0 Å². The maximum absolute atomic E-state index is 13.5. The van der Waals surface area contributed by atoms with E-state index in [0.29, 0.717) is 23.0 Å². The number of aromatic amines is 1. The van der Waals surface area contributed by atoms with Crippen molar-refractivity contribution in [3.63, 3.8) is 0 Å². The maximum atomic E-state index is 13.5. The monoisotopic (exact) mass is 461 g/mol. The quantitative estimate of drug-likeness (QED) is 0.390. The van der Waals surface area contributed by atoms with Gasteiger partial charge in [0.05, 0.1) is 25.9 Å². The third kappa shape index (κ3) is 3.87. The van der Waals surface area contributed by atoms with E-state index >= 15 is 0 Å². The normalized spacial score (nSPS) is 15.2. The fourth-order valence-electron chi connectivity index (χ4n) is 4.55. The number of benzene rings is 3. The zero-order valence-corrected chi connectivity index (χ0v) is 19.1. The van der Waals surface area contributed by atoms with E-state index in [1.54, 1.807) is 14.2 Å². The molecule has 1 aromatic heterocycles. The van der Waals surface area contributed by atoms with E-state index in [9.17, 15) is 4.79 Å². The summed E-state index contributed by atoms with van der Waals surface area (Å²) in [5.41, 5.74) is 4.82. The standard InChI is InChI=1S/C26H24ClN3O3/c1-32-18-10-7-16(8-11-18)25-24-19(20-15-17(27)9-12-21(20)28-24)13-14-30(25)26(31)29-22-5-3-4-6-23(22)33-2/h3-12,15,25,28H,13-14H2,1-2H3,(H,29,31)/t25-/m0/s1. The number of urea groups is 1. The summed E-state index contributed by atoms with van der Waals surface area (Å²) in [6, 6.07) is 20.6. The number of aromatic nitrogens is 1. The Bertz CT molecular complexity index is 1320. The van der Waals surface area contributed by atoms with Crippen molar-refractivity contribution in [1.29, 1.82) is 0 Å². The van der Waals surface area contributed by atoms with E-state index in [4.69, 9.17) is 21.1 Å². The van der Waals surface area contributed by atoms with Crippen molar-refractivity contribution in [2.75, 3.05) is 26.1 Å².